The molecule has 0 aliphatic carbocycles. The van der Waals surface area contributed by atoms with E-state index in [0.29, 0.717) is 18.2 Å². The van der Waals surface area contributed by atoms with Crippen LogP contribution in [0.5, 0.6) is 0 Å². The van der Waals surface area contributed by atoms with Crippen molar-refractivity contribution in [1.82, 2.24) is 29.4 Å². The van der Waals surface area contributed by atoms with Crippen molar-refractivity contribution in [2.24, 2.45) is 7.05 Å². The molecule has 0 saturated carbocycles. The van der Waals surface area contributed by atoms with Crippen LogP contribution in [0, 0.1) is 0 Å². The Kier molecular flexibility index (Phi) is 3.33. The fraction of sp³-hybridized carbons (Fsp3) is 0.375. The predicted molar refractivity (Wildman–Crippen MR) is 84.9 cm³/mol. The topological polar surface area (TPSA) is 68.8 Å². The summed E-state index contributed by atoms with van der Waals surface area (Å²) in [7, 11) is 1.84. The van der Waals surface area contributed by atoms with Gasteiger partial charge in [0.25, 0.3) is 5.91 Å². The number of imidazole rings is 1. The van der Waals surface area contributed by atoms with Crippen molar-refractivity contribution in [3.05, 3.63) is 42.5 Å². The van der Waals surface area contributed by atoms with Crippen molar-refractivity contribution in [2.75, 3.05) is 13.1 Å². The lowest BCUT2D eigenvalue weighted by Gasteiger charge is -2.33. The molecule has 3 aromatic rings. The van der Waals surface area contributed by atoms with Crippen molar-refractivity contribution in [3.63, 3.8) is 0 Å². The molecule has 2 aromatic heterocycles. The summed E-state index contributed by atoms with van der Waals surface area (Å²) in [5.74, 6) is 0.0577. The maximum absolute atomic E-state index is 12.8. The minimum atomic E-state index is 0.0577. The first kappa shape index (κ1) is 13.9. The molecule has 1 aromatic carbocycles. The Bertz CT molecular complexity index is 838. The van der Waals surface area contributed by atoms with Crippen LogP contribution >= 0.6 is 0 Å². The van der Waals surface area contributed by atoms with Crippen LogP contribution in [-0.2, 0) is 7.05 Å². The third-order valence-corrected chi connectivity index (χ3v) is 4.49. The molecule has 1 amide bonds. The molecule has 1 saturated heterocycles. The number of amides is 1. The van der Waals surface area contributed by atoms with Crippen LogP contribution in [0.1, 0.15) is 29.2 Å². The molecule has 118 valence electrons. The molecule has 1 fully saturated rings. The largest absolute Gasteiger partial charge is 0.337 e. The third kappa shape index (κ3) is 2.48. The summed E-state index contributed by atoms with van der Waals surface area (Å²) in [6.45, 7) is 1.51. The van der Waals surface area contributed by atoms with E-state index < -0.39 is 0 Å². The molecule has 1 atom stereocenters. The SMILES string of the molecule is Cn1nnc2cc(C(=O)N3CCCC(n4ccnc4)C3)ccc21. The van der Waals surface area contributed by atoms with E-state index in [9.17, 15) is 4.79 Å². The smallest absolute Gasteiger partial charge is 0.254 e. The Morgan fingerprint density at radius 1 is 1.35 bits per heavy atom. The van der Waals surface area contributed by atoms with Crippen molar-refractivity contribution >= 4 is 16.9 Å². The van der Waals surface area contributed by atoms with Gasteiger partial charge in [-0.1, -0.05) is 5.21 Å². The molecule has 3 heterocycles. The van der Waals surface area contributed by atoms with Gasteiger partial charge in [-0.3, -0.25) is 4.79 Å². The zero-order valence-corrected chi connectivity index (χ0v) is 13.0. The van der Waals surface area contributed by atoms with Crippen LogP contribution in [0.3, 0.4) is 0 Å². The number of likely N-dealkylation sites (tertiary alicyclic amines) is 1. The Balaban J connectivity index is 1.57. The molecule has 7 nitrogen and oxygen atoms in total. The molecule has 23 heavy (non-hydrogen) atoms. The molecule has 1 unspecified atom stereocenters. The average Bonchev–Trinajstić information content (AvgIpc) is 3.24. The van der Waals surface area contributed by atoms with Gasteiger partial charge in [0.05, 0.1) is 17.9 Å². The van der Waals surface area contributed by atoms with E-state index in [2.05, 4.69) is 19.9 Å². The number of hydrogen-bond donors (Lipinski definition) is 0. The number of rotatable bonds is 2. The molecule has 0 bridgehead atoms. The number of piperidine rings is 1. The molecule has 0 N–H and O–H groups in total. The zero-order chi connectivity index (χ0) is 15.8. The van der Waals surface area contributed by atoms with Crippen molar-refractivity contribution < 1.29 is 4.79 Å². The lowest BCUT2D eigenvalue weighted by atomic mass is 10.0. The van der Waals surface area contributed by atoms with Gasteiger partial charge in [0.2, 0.25) is 0 Å². The Labute approximate surface area is 133 Å². The number of carbonyl (C=O) groups is 1. The van der Waals surface area contributed by atoms with Gasteiger partial charge >= 0.3 is 0 Å². The lowest BCUT2D eigenvalue weighted by molar-refractivity contribution is 0.0679. The highest BCUT2D eigenvalue weighted by atomic mass is 16.2. The van der Waals surface area contributed by atoms with Crippen LogP contribution < -0.4 is 0 Å². The van der Waals surface area contributed by atoms with E-state index in [0.717, 1.165) is 30.4 Å². The molecule has 4 rings (SSSR count). The van der Waals surface area contributed by atoms with E-state index in [1.807, 2.05) is 42.7 Å². The summed E-state index contributed by atoms with van der Waals surface area (Å²) in [4.78, 5) is 18.8. The molecular formula is C16H18N6O. The number of nitrogens with zero attached hydrogens (tertiary/aromatic N) is 6. The number of fused-ring (bicyclic) bond motifs is 1. The Morgan fingerprint density at radius 2 is 2.26 bits per heavy atom. The second kappa shape index (κ2) is 5.49. The van der Waals surface area contributed by atoms with Crippen LogP contribution in [0.4, 0.5) is 0 Å². The number of aryl methyl sites for hydroxylation is 1. The normalized spacial score (nSPS) is 18.5. The van der Waals surface area contributed by atoms with Crippen LogP contribution in [0.15, 0.2) is 36.9 Å². The van der Waals surface area contributed by atoms with E-state index in [1.54, 1.807) is 10.9 Å². The summed E-state index contributed by atoms with van der Waals surface area (Å²) in [6, 6.07) is 5.88. The maximum atomic E-state index is 12.8. The monoisotopic (exact) mass is 310 g/mol. The van der Waals surface area contributed by atoms with Gasteiger partial charge in [-0.05, 0) is 31.0 Å². The van der Waals surface area contributed by atoms with Crippen LogP contribution in [0.25, 0.3) is 11.0 Å². The van der Waals surface area contributed by atoms with Crippen molar-refractivity contribution in [2.45, 2.75) is 18.9 Å². The number of aromatic nitrogens is 5. The predicted octanol–water partition coefficient (Wildman–Crippen LogP) is 1.64. The van der Waals surface area contributed by atoms with Gasteiger partial charge in [-0.2, -0.15) is 0 Å². The quantitative estimate of drug-likeness (QED) is 0.721. The van der Waals surface area contributed by atoms with Gasteiger partial charge in [0.15, 0.2) is 0 Å². The van der Waals surface area contributed by atoms with Gasteiger partial charge < -0.3 is 9.47 Å². The average molecular weight is 310 g/mol. The third-order valence-electron chi connectivity index (χ3n) is 4.49. The number of hydrogen-bond acceptors (Lipinski definition) is 4. The molecular weight excluding hydrogens is 292 g/mol. The first-order valence-corrected chi connectivity index (χ1v) is 7.78. The van der Waals surface area contributed by atoms with Gasteiger partial charge in [-0.25, -0.2) is 9.67 Å². The molecule has 0 spiro atoms. The second-order valence-corrected chi connectivity index (χ2v) is 5.97. The number of carbonyl (C=O) groups excluding carboxylic acids is 1. The van der Waals surface area contributed by atoms with Crippen molar-refractivity contribution in [1.29, 1.82) is 0 Å². The Hall–Kier alpha value is -2.70. The first-order chi connectivity index (χ1) is 11.2. The van der Waals surface area contributed by atoms with Gasteiger partial charge in [0, 0.05) is 38.1 Å². The van der Waals surface area contributed by atoms with E-state index in [1.165, 1.54) is 0 Å². The summed E-state index contributed by atoms with van der Waals surface area (Å²) in [6.07, 6.45) is 7.64. The van der Waals surface area contributed by atoms with Crippen LogP contribution in [-0.4, -0.2) is 48.4 Å². The maximum Gasteiger partial charge on any atom is 0.254 e. The highest BCUT2D eigenvalue weighted by Gasteiger charge is 2.25. The van der Waals surface area contributed by atoms with E-state index >= 15 is 0 Å². The second-order valence-electron chi connectivity index (χ2n) is 5.97. The van der Waals surface area contributed by atoms with Gasteiger partial charge in [-0.15, -0.1) is 5.10 Å². The fourth-order valence-electron chi connectivity index (χ4n) is 3.22. The highest BCUT2D eigenvalue weighted by Crippen LogP contribution is 2.23. The zero-order valence-electron chi connectivity index (χ0n) is 13.0. The summed E-state index contributed by atoms with van der Waals surface area (Å²) in [5.41, 5.74) is 2.35. The summed E-state index contributed by atoms with van der Waals surface area (Å²) < 4.78 is 3.80. The molecule has 1 aliphatic heterocycles. The minimum absolute atomic E-state index is 0.0577. The molecule has 7 heteroatoms. The first-order valence-electron chi connectivity index (χ1n) is 7.78. The molecule has 1 aliphatic rings. The number of benzene rings is 1. The summed E-state index contributed by atoms with van der Waals surface area (Å²) in [5, 5.41) is 8.08. The summed E-state index contributed by atoms with van der Waals surface area (Å²) >= 11 is 0. The molecule has 0 radical (unpaired) electrons. The Morgan fingerprint density at radius 3 is 3.09 bits per heavy atom. The van der Waals surface area contributed by atoms with E-state index in [-0.39, 0.29) is 5.91 Å². The van der Waals surface area contributed by atoms with Crippen molar-refractivity contribution in [3.8, 4) is 0 Å². The fourth-order valence-corrected chi connectivity index (χ4v) is 3.22. The van der Waals surface area contributed by atoms with E-state index in [4.69, 9.17) is 0 Å². The van der Waals surface area contributed by atoms with Gasteiger partial charge in [0.1, 0.15) is 5.52 Å². The lowest BCUT2D eigenvalue weighted by Crippen LogP contribution is -2.40. The highest BCUT2D eigenvalue weighted by molar-refractivity contribution is 5.97. The minimum Gasteiger partial charge on any atom is -0.337 e. The van der Waals surface area contributed by atoms with Crippen LogP contribution in [0.2, 0.25) is 0 Å². The standard InChI is InChI=1S/C16H18N6O/c1-20-15-5-4-12(9-14(15)18-19-20)16(23)21-7-2-3-13(10-21)22-8-6-17-11-22/h4-6,8-9,11,13H,2-3,7,10H2,1H3.